The summed E-state index contributed by atoms with van der Waals surface area (Å²) in [5, 5.41) is 12.1. The monoisotopic (exact) mass is 343 g/mol. The Labute approximate surface area is 139 Å². The number of hydrogen-bond acceptors (Lipinski definition) is 5. The van der Waals surface area contributed by atoms with Crippen molar-refractivity contribution in [3.63, 3.8) is 0 Å². The number of aromatic nitrogens is 1. The number of carboxylic acid groups (broad SMARTS) is 1. The van der Waals surface area contributed by atoms with E-state index in [9.17, 15) is 14.4 Å². The van der Waals surface area contributed by atoms with Gasteiger partial charge in [0.2, 0.25) is 0 Å². The van der Waals surface area contributed by atoms with Crippen LogP contribution in [-0.2, 0) is 0 Å². The Morgan fingerprint density at radius 1 is 1.29 bits per heavy atom. The molecule has 0 bridgehead atoms. The number of benzene rings is 1. The molecule has 0 unspecified atom stereocenters. The molecule has 1 amide bonds. The van der Waals surface area contributed by atoms with Gasteiger partial charge in [0.15, 0.2) is 0 Å². The van der Waals surface area contributed by atoms with E-state index in [1.807, 2.05) is 19.1 Å². The van der Waals surface area contributed by atoms with Crippen LogP contribution in [0.5, 0.6) is 0 Å². The van der Waals surface area contributed by atoms with Crippen LogP contribution >= 0.6 is 11.3 Å². The van der Waals surface area contributed by atoms with Crippen molar-refractivity contribution in [1.29, 1.82) is 0 Å². The molecule has 0 saturated heterocycles. The van der Waals surface area contributed by atoms with Crippen LogP contribution in [0, 0.1) is 6.92 Å². The van der Waals surface area contributed by atoms with Gasteiger partial charge in [0.1, 0.15) is 15.3 Å². The van der Waals surface area contributed by atoms with Crippen molar-refractivity contribution < 1.29 is 14.7 Å². The summed E-state index contributed by atoms with van der Waals surface area (Å²) in [6.07, 6.45) is 0. The first-order valence-corrected chi connectivity index (χ1v) is 7.75. The van der Waals surface area contributed by atoms with Gasteiger partial charge < -0.3 is 21.1 Å². The summed E-state index contributed by atoms with van der Waals surface area (Å²) in [5.74, 6) is -1.77. The van der Waals surface area contributed by atoms with Crippen molar-refractivity contribution in [2.45, 2.75) is 6.92 Å². The fourth-order valence-electron chi connectivity index (χ4n) is 2.29. The maximum Gasteiger partial charge on any atom is 0.341 e. The number of anilines is 2. The third kappa shape index (κ3) is 2.63. The average molecular weight is 343 g/mol. The Hall–Kier alpha value is -3.13. The number of rotatable bonds is 3. The zero-order valence-corrected chi connectivity index (χ0v) is 13.4. The van der Waals surface area contributed by atoms with Crippen molar-refractivity contribution in [1.82, 2.24) is 4.98 Å². The number of thiophene rings is 1. The number of nitrogen functional groups attached to an aromatic ring is 1. The number of aromatic amines is 1. The van der Waals surface area contributed by atoms with Crippen LogP contribution < -0.4 is 16.6 Å². The highest BCUT2D eigenvalue weighted by Crippen LogP contribution is 2.32. The van der Waals surface area contributed by atoms with Gasteiger partial charge in [-0.25, -0.2) is 4.79 Å². The Kier molecular flexibility index (Phi) is 3.82. The molecule has 5 N–H and O–H groups in total. The van der Waals surface area contributed by atoms with E-state index in [0.717, 1.165) is 16.9 Å². The quantitative estimate of drug-likeness (QED) is 0.581. The zero-order valence-electron chi connectivity index (χ0n) is 12.5. The maximum atomic E-state index is 12.5. The predicted molar refractivity (Wildman–Crippen MR) is 92.9 cm³/mol. The summed E-state index contributed by atoms with van der Waals surface area (Å²) in [6, 6.07) is 8.47. The number of pyridine rings is 1. The molecule has 0 spiro atoms. The second-order valence-corrected chi connectivity index (χ2v) is 6.19. The molecule has 3 rings (SSSR count). The first-order chi connectivity index (χ1) is 11.4. The zero-order chi connectivity index (χ0) is 17.4. The molecule has 2 aromatic heterocycles. The van der Waals surface area contributed by atoms with Crippen LogP contribution in [0.1, 0.15) is 25.6 Å². The second kappa shape index (κ2) is 5.82. The van der Waals surface area contributed by atoms with Crippen LogP contribution in [0.2, 0.25) is 0 Å². The van der Waals surface area contributed by atoms with Crippen LogP contribution in [0.15, 0.2) is 35.1 Å². The molecule has 2 heterocycles. The second-order valence-electron chi connectivity index (χ2n) is 5.17. The molecular formula is C16H13N3O4S. The number of fused-ring (bicyclic) bond motifs is 1. The summed E-state index contributed by atoms with van der Waals surface area (Å²) in [7, 11) is 0. The number of H-pyrrole nitrogens is 1. The Morgan fingerprint density at radius 3 is 2.67 bits per heavy atom. The summed E-state index contributed by atoms with van der Waals surface area (Å²) in [6.45, 7) is 1.86. The van der Waals surface area contributed by atoms with E-state index in [-0.39, 0.29) is 10.6 Å². The number of aryl methyl sites for hydroxylation is 1. The van der Waals surface area contributed by atoms with Gasteiger partial charge in [-0.15, -0.1) is 11.3 Å². The topological polar surface area (TPSA) is 125 Å². The molecule has 0 aliphatic rings. The van der Waals surface area contributed by atoms with Gasteiger partial charge in [0.05, 0.1) is 5.69 Å². The smallest absolute Gasteiger partial charge is 0.341 e. The average Bonchev–Trinajstić information content (AvgIpc) is 2.84. The number of carbonyl (C=O) groups is 2. The van der Waals surface area contributed by atoms with Gasteiger partial charge in [-0.05, 0) is 24.6 Å². The fourth-order valence-corrected chi connectivity index (χ4v) is 3.28. The molecule has 3 aromatic rings. The van der Waals surface area contributed by atoms with Gasteiger partial charge in [-0.3, -0.25) is 9.59 Å². The van der Waals surface area contributed by atoms with E-state index in [0.29, 0.717) is 15.9 Å². The minimum absolute atomic E-state index is 0.139. The van der Waals surface area contributed by atoms with Gasteiger partial charge in [-0.1, -0.05) is 18.2 Å². The number of carboxylic acids is 1. The van der Waals surface area contributed by atoms with E-state index in [4.69, 9.17) is 10.8 Å². The molecule has 0 saturated carbocycles. The molecule has 122 valence electrons. The highest BCUT2D eigenvalue weighted by Gasteiger charge is 2.20. The molecule has 0 atom stereocenters. The van der Waals surface area contributed by atoms with Crippen molar-refractivity contribution in [2.24, 2.45) is 0 Å². The third-order valence-corrected chi connectivity index (χ3v) is 4.71. The lowest BCUT2D eigenvalue weighted by atomic mass is 10.2. The maximum absolute atomic E-state index is 12.5. The first kappa shape index (κ1) is 15.8. The fraction of sp³-hybridized carbons (Fsp3) is 0.0625. The van der Waals surface area contributed by atoms with Crippen molar-refractivity contribution in [3.8, 4) is 0 Å². The Balaban J connectivity index is 2.05. The lowest BCUT2D eigenvalue weighted by molar-refractivity contribution is 0.0695. The van der Waals surface area contributed by atoms with Crippen molar-refractivity contribution in [2.75, 3.05) is 11.1 Å². The van der Waals surface area contributed by atoms with E-state index in [2.05, 4.69) is 10.3 Å². The molecule has 0 fully saturated rings. The number of aromatic carboxylic acids is 1. The van der Waals surface area contributed by atoms with Crippen LogP contribution in [0.4, 0.5) is 11.4 Å². The van der Waals surface area contributed by atoms with Crippen LogP contribution in [0.25, 0.3) is 10.2 Å². The van der Waals surface area contributed by atoms with E-state index in [1.54, 1.807) is 12.1 Å². The molecule has 24 heavy (non-hydrogen) atoms. The summed E-state index contributed by atoms with van der Waals surface area (Å²) < 4.78 is 0. The molecule has 7 nitrogen and oxygen atoms in total. The number of para-hydroxylation sites is 1. The van der Waals surface area contributed by atoms with Crippen LogP contribution in [0.3, 0.4) is 0 Å². The van der Waals surface area contributed by atoms with Gasteiger partial charge in [-0.2, -0.15) is 0 Å². The summed E-state index contributed by atoms with van der Waals surface area (Å²) in [5.41, 5.74) is 6.52. The lowest BCUT2D eigenvalue weighted by Gasteiger charge is -2.07. The Morgan fingerprint density at radius 2 is 2.00 bits per heavy atom. The van der Waals surface area contributed by atoms with Crippen molar-refractivity contribution in [3.05, 3.63) is 56.7 Å². The molecule has 8 heteroatoms. The predicted octanol–water partition coefficient (Wildman–Crippen LogP) is 2.43. The van der Waals surface area contributed by atoms with Crippen LogP contribution in [-0.4, -0.2) is 22.0 Å². The lowest BCUT2D eigenvalue weighted by Crippen LogP contribution is -2.16. The number of carbonyl (C=O) groups excluding carboxylic acids is 1. The number of amides is 1. The minimum atomic E-state index is -1.35. The van der Waals surface area contributed by atoms with Gasteiger partial charge in [0.25, 0.3) is 11.5 Å². The SMILES string of the molecule is Cc1ccccc1NC(=O)c1sc2[nH]c(=O)c(C(=O)O)cc2c1N. The molecular weight excluding hydrogens is 330 g/mol. The highest BCUT2D eigenvalue weighted by atomic mass is 32.1. The molecule has 0 aliphatic heterocycles. The third-order valence-electron chi connectivity index (χ3n) is 3.57. The minimum Gasteiger partial charge on any atom is -0.477 e. The van der Waals surface area contributed by atoms with Gasteiger partial charge >= 0.3 is 5.97 Å². The van der Waals surface area contributed by atoms with Crippen molar-refractivity contribution >= 4 is 44.8 Å². The van der Waals surface area contributed by atoms with E-state index < -0.39 is 23.0 Å². The molecule has 1 aromatic carbocycles. The standard InChI is InChI=1S/C16H13N3O4S/c1-7-4-2-3-5-10(7)18-14(21)12-11(17)8-6-9(16(22)23)13(20)19-15(8)24-12/h2-6H,17H2,1H3,(H,18,21)(H,19,20)(H,22,23). The summed E-state index contributed by atoms with van der Waals surface area (Å²) >= 11 is 1.01. The highest BCUT2D eigenvalue weighted by molar-refractivity contribution is 7.21. The molecule has 0 radical (unpaired) electrons. The van der Waals surface area contributed by atoms with Gasteiger partial charge in [0, 0.05) is 11.1 Å². The normalized spacial score (nSPS) is 10.7. The Bertz CT molecular complexity index is 1040. The summed E-state index contributed by atoms with van der Waals surface area (Å²) in [4.78, 5) is 38.3. The van der Waals surface area contributed by atoms with E-state index in [1.165, 1.54) is 6.07 Å². The first-order valence-electron chi connectivity index (χ1n) is 6.94. The number of hydrogen-bond donors (Lipinski definition) is 4. The largest absolute Gasteiger partial charge is 0.477 e. The number of nitrogens with one attached hydrogen (secondary N) is 2. The molecule has 0 aliphatic carbocycles. The van der Waals surface area contributed by atoms with E-state index >= 15 is 0 Å². The number of nitrogens with two attached hydrogens (primary N) is 1.